The molecule has 1 saturated carbocycles. The average Bonchev–Trinajstić information content (AvgIpc) is 3.07. The summed E-state index contributed by atoms with van der Waals surface area (Å²) in [5.41, 5.74) is 0. The second-order valence-corrected chi connectivity index (χ2v) is 5.20. The van der Waals surface area contributed by atoms with Crippen molar-refractivity contribution >= 4 is 5.84 Å². The average molecular weight is 223 g/mol. The first-order valence-corrected chi connectivity index (χ1v) is 6.50. The van der Waals surface area contributed by atoms with Crippen LogP contribution in [0.1, 0.15) is 19.3 Å². The number of hydrogen-bond donors (Lipinski definition) is 1. The van der Waals surface area contributed by atoms with Crippen LogP contribution in [0.25, 0.3) is 0 Å². The summed E-state index contributed by atoms with van der Waals surface area (Å²) < 4.78 is 5.38. The normalized spacial score (nSPS) is 32.0. The number of morpholine rings is 1. The van der Waals surface area contributed by atoms with Gasteiger partial charge in [0.25, 0.3) is 0 Å². The van der Waals surface area contributed by atoms with E-state index in [1.807, 2.05) is 0 Å². The molecule has 2 heterocycles. The molecule has 0 amide bonds. The molecule has 1 aliphatic carbocycles. The molecule has 0 aromatic rings. The van der Waals surface area contributed by atoms with E-state index in [1.54, 1.807) is 0 Å². The number of nitrogens with zero attached hydrogens (tertiary/aromatic N) is 2. The lowest BCUT2D eigenvalue weighted by atomic mass is 10.2. The lowest BCUT2D eigenvalue weighted by molar-refractivity contribution is 0.0195. The topological polar surface area (TPSA) is 39.6 Å². The van der Waals surface area contributed by atoms with E-state index >= 15 is 0 Å². The molecular weight excluding hydrogens is 202 g/mol. The van der Waals surface area contributed by atoms with Crippen molar-refractivity contribution in [1.82, 2.24) is 9.80 Å². The summed E-state index contributed by atoms with van der Waals surface area (Å²) in [6.45, 7) is 6.10. The summed E-state index contributed by atoms with van der Waals surface area (Å²) in [6, 6.07) is 0.669. The molecule has 4 heteroatoms. The Balaban J connectivity index is 1.53. The number of ether oxygens (including phenoxy) is 1. The van der Waals surface area contributed by atoms with Gasteiger partial charge in [-0.2, -0.15) is 0 Å². The van der Waals surface area contributed by atoms with Crippen molar-refractivity contribution in [3.63, 3.8) is 0 Å². The molecule has 4 nitrogen and oxygen atoms in total. The van der Waals surface area contributed by atoms with Crippen molar-refractivity contribution in [3.05, 3.63) is 0 Å². The maximum Gasteiger partial charge on any atom is 0.0990 e. The van der Waals surface area contributed by atoms with Gasteiger partial charge in [-0.25, -0.2) is 0 Å². The van der Waals surface area contributed by atoms with E-state index in [2.05, 4.69) is 9.80 Å². The Kier molecular flexibility index (Phi) is 2.86. The first kappa shape index (κ1) is 10.5. The van der Waals surface area contributed by atoms with Crippen LogP contribution in [-0.4, -0.2) is 61.1 Å². The second-order valence-electron chi connectivity index (χ2n) is 5.20. The van der Waals surface area contributed by atoms with E-state index in [4.69, 9.17) is 10.1 Å². The van der Waals surface area contributed by atoms with Crippen molar-refractivity contribution in [2.24, 2.45) is 5.92 Å². The third-order valence-corrected chi connectivity index (χ3v) is 4.03. The number of rotatable bonds is 2. The molecule has 1 atom stereocenters. The number of nitrogens with one attached hydrogen (secondary N) is 1. The predicted molar refractivity (Wildman–Crippen MR) is 62.8 cm³/mol. The smallest absolute Gasteiger partial charge is 0.0990 e. The largest absolute Gasteiger partial charge is 0.379 e. The zero-order valence-electron chi connectivity index (χ0n) is 9.82. The molecule has 0 radical (unpaired) electrons. The molecule has 1 N–H and O–H groups in total. The highest BCUT2D eigenvalue weighted by Crippen LogP contribution is 2.32. The van der Waals surface area contributed by atoms with Gasteiger partial charge in [-0.05, 0) is 19.3 Å². The van der Waals surface area contributed by atoms with E-state index < -0.39 is 0 Å². The predicted octanol–water partition coefficient (Wildman–Crippen LogP) is 0.780. The molecule has 0 spiro atoms. The van der Waals surface area contributed by atoms with Crippen LogP contribution in [0.2, 0.25) is 0 Å². The fraction of sp³-hybridized carbons (Fsp3) is 0.917. The number of hydrogen-bond acceptors (Lipinski definition) is 3. The fourth-order valence-corrected chi connectivity index (χ4v) is 2.82. The highest BCUT2D eigenvalue weighted by atomic mass is 16.5. The third-order valence-electron chi connectivity index (χ3n) is 4.03. The van der Waals surface area contributed by atoms with E-state index in [-0.39, 0.29) is 0 Å². The minimum atomic E-state index is 0.600. The van der Waals surface area contributed by atoms with Crippen molar-refractivity contribution in [2.45, 2.75) is 25.3 Å². The van der Waals surface area contributed by atoms with Gasteiger partial charge in [0.05, 0.1) is 19.0 Å². The summed E-state index contributed by atoms with van der Waals surface area (Å²) >= 11 is 0. The SMILES string of the molecule is N=C(C1CC1)N1CCC(N2CCOCC2)C1. The highest BCUT2D eigenvalue weighted by molar-refractivity contribution is 5.84. The standard InChI is InChI=1S/C12H21N3O/c13-12(10-1-2-10)15-4-3-11(9-15)14-5-7-16-8-6-14/h10-11,13H,1-9H2. The van der Waals surface area contributed by atoms with E-state index in [9.17, 15) is 0 Å². The zero-order chi connectivity index (χ0) is 11.0. The van der Waals surface area contributed by atoms with Gasteiger partial charge in [-0.1, -0.05) is 0 Å². The van der Waals surface area contributed by atoms with Gasteiger partial charge >= 0.3 is 0 Å². The molecule has 3 rings (SSSR count). The molecule has 0 aromatic heterocycles. The minimum Gasteiger partial charge on any atom is -0.379 e. The fourth-order valence-electron chi connectivity index (χ4n) is 2.82. The summed E-state index contributed by atoms with van der Waals surface area (Å²) in [4.78, 5) is 4.85. The van der Waals surface area contributed by atoms with Crippen molar-refractivity contribution in [1.29, 1.82) is 5.41 Å². The van der Waals surface area contributed by atoms with Gasteiger partial charge in [0.1, 0.15) is 0 Å². The molecule has 2 saturated heterocycles. The summed E-state index contributed by atoms with van der Waals surface area (Å²) in [5.74, 6) is 1.51. The van der Waals surface area contributed by atoms with Crippen molar-refractivity contribution in [3.8, 4) is 0 Å². The minimum absolute atomic E-state index is 0.600. The van der Waals surface area contributed by atoms with Gasteiger partial charge in [0.2, 0.25) is 0 Å². The zero-order valence-corrected chi connectivity index (χ0v) is 9.82. The Morgan fingerprint density at radius 1 is 1.06 bits per heavy atom. The van der Waals surface area contributed by atoms with Crippen LogP contribution in [0.15, 0.2) is 0 Å². The Morgan fingerprint density at radius 3 is 2.50 bits per heavy atom. The van der Waals surface area contributed by atoms with E-state index in [0.29, 0.717) is 12.0 Å². The molecule has 90 valence electrons. The van der Waals surface area contributed by atoms with Crippen molar-refractivity contribution in [2.75, 3.05) is 39.4 Å². The van der Waals surface area contributed by atoms with Gasteiger partial charge in [-0.3, -0.25) is 10.3 Å². The molecule has 0 bridgehead atoms. The van der Waals surface area contributed by atoms with Gasteiger partial charge < -0.3 is 9.64 Å². The molecule has 16 heavy (non-hydrogen) atoms. The van der Waals surface area contributed by atoms with Crippen LogP contribution in [-0.2, 0) is 4.74 Å². The molecular formula is C12H21N3O. The van der Waals surface area contributed by atoms with Gasteiger partial charge in [0.15, 0.2) is 0 Å². The molecule has 1 unspecified atom stereocenters. The van der Waals surface area contributed by atoms with E-state index in [1.165, 1.54) is 19.3 Å². The molecule has 2 aliphatic heterocycles. The lowest BCUT2D eigenvalue weighted by Crippen LogP contribution is -2.45. The number of amidine groups is 1. The first-order chi connectivity index (χ1) is 7.84. The summed E-state index contributed by atoms with van der Waals surface area (Å²) in [7, 11) is 0. The monoisotopic (exact) mass is 223 g/mol. The maximum atomic E-state index is 8.09. The Labute approximate surface area is 97.1 Å². The molecule has 0 aromatic carbocycles. The van der Waals surface area contributed by atoms with Crippen LogP contribution in [0.5, 0.6) is 0 Å². The van der Waals surface area contributed by atoms with Crippen LogP contribution in [0, 0.1) is 11.3 Å². The number of likely N-dealkylation sites (tertiary alicyclic amines) is 1. The van der Waals surface area contributed by atoms with Gasteiger partial charge in [-0.15, -0.1) is 0 Å². The quantitative estimate of drug-likeness (QED) is 0.555. The molecule has 3 fully saturated rings. The Morgan fingerprint density at radius 2 is 1.81 bits per heavy atom. The first-order valence-electron chi connectivity index (χ1n) is 6.50. The Hall–Kier alpha value is -0.610. The third kappa shape index (κ3) is 2.09. The molecule has 3 aliphatic rings. The van der Waals surface area contributed by atoms with Crippen molar-refractivity contribution < 1.29 is 4.74 Å². The second kappa shape index (κ2) is 4.34. The van der Waals surface area contributed by atoms with Gasteiger partial charge in [0, 0.05) is 38.1 Å². The van der Waals surface area contributed by atoms with Crippen LogP contribution >= 0.6 is 0 Å². The van der Waals surface area contributed by atoms with Crippen LogP contribution in [0.4, 0.5) is 0 Å². The van der Waals surface area contributed by atoms with Crippen LogP contribution < -0.4 is 0 Å². The Bertz CT molecular complexity index is 271. The summed E-state index contributed by atoms with van der Waals surface area (Å²) in [6.07, 6.45) is 3.73. The highest BCUT2D eigenvalue weighted by Gasteiger charge is 2.35. The van der Waals surface area contributed by atoms with E-state index in [0.717, 1.165) is 45.2 Å². The lowest BCUT2D eigenvalue weighted by Gasteiger charge is -2.32. The maximum absolute atomic E-state index is 8.09. The summed E-state index contributed by atoms with van der Waals surface area (Å²) in [5, 5.41) is 8.09. The van der Waals surface area contributed by atoms with Crippen LogP contribution in [0.3, 0.4) is 0 Å².